The van der Waals surface area contributed by atoms with Crippen LogP contribution in [0.2, 0.25) is 0 Å². The molecule has 0 aromatic carbocycles. The average molecular weight is 198 g/mol. The van der Waals surface area contributed by atoms with Gasteiger partial charge in [-0.25, -0.2) is 0 Å². The second-order valence-corrected chi connectivity index (χ2v) is 4.31. The van der Waals surface area contributed by atoms with Crippen molar-refractivity contribution >= 4 is 17.1 Å². The summed E-state index contributed by atoms with van der Waals surface area (Å²) in [5, 5.41) is 0. The predicted molar refractivity (Wildman–Crippen MR) is 53.7 cm³/mol. The van der Waals surface area contributed by atoms with Gasteiger partial charge in [0.05, 0.1) is 11.0 Å². The van der Waals surface area contributed by atoms with E-state index in [9.17, 15) is 4.79 Å². The van der Waals surface area contributed by atoms with Crippen LogP contribution in [0.5, 0.6) is 0 Å². The fraction of sp³-hybridized carbons (Fsp3) is 0.556. The lowest BCUT2D eigenvalue weighted by Gasteiger charge is -2.20. The molecule has 1 atom stereocenters. The number of nitrogens with zero attached hydrogens (tertiary/aromatic N) is 1. The summed E-state index contributed by atoms with van der Waals surface area (Å²) >= 11 is 1.49. The molecule has 1 rings (SSSR count). The molecule has 13 heavy (non-hydrogen) atoms. The average Bonchev–Trinajstić information content (AvgIpc) is 2.57. The van der Waals surface area contributed by atoms with E-state index in [0.29, 0.717) is 12.8 Å². The van der Waals surface area contributed by atoms with Gasteiger partial charge in [0.15, 0.2) is 5.78 Å². The van der Waals surface area contributed by atoms with E-state index in [1.165, 1.54) is 11.3 Å². The normalized spacial score (nSPS) is 15.3. The number of hydrogen-bond donors (Lipinski definition) is 1. The maximum absolute atomic E-state index is 11.6. The molecule has 0 aliphatic rings. The molecule has 1 heterocycles. The second kappa shape index (κ2) is 3.98. The summed E-state index contributed by atoms with van der Waals surface area (Å²) in [6.07, 6.45) is 2.80. The van der Waals surface area contributed by atoms with E-state index in [1.54, 1.807) is 18.6 Å². The van der Waals surface area contributed by atoms with Gasteiger partial charge in [-0.3, -0.25) is 9.78 Å². The van der Waals surface area contributed by atoms with Crippen molar-refractivity contribution in [3.05, 3.63) is 16.6 Å². The van der Waals surface area contributed by atoms with E-state index in [2.05, 4.69) is 4.98 Å². The summed E-state index contributed by atoms with van der Waals surface area (Å²) in [6, 6.07) is 0. The largest absolute Gasteiger partial charge is 0.319 e. The summed E-state index contributed by atoms with van der Waals surface area (Å²) in [5.74, 6) is 0.0826. The summed E-state index contributed by atoms with van der Waals surface area (Å²) in [6.45, 7) is 3.70. The Balaban J connectivity index is 2.61. The highest BCUT2D eigenvalue weighted by atomic mass is 32.1. The number of Topliss-reactive ketones (excluding diaryl/α,β-unsaturated/α-hetero) is 1. The Hall–Kier alpha value is -0.740. The summed E-state index contributed by atoms with van der Waals surface area (Å²) < 4.78 is 0. The van der Waals surface area contributed by atoms with Gasteiger partial charge in [-0.05, 0) is 13.3 Å². The first-order valence-corrected chi connectivity index (χ1v) is 5.14. The molecule has 0 aliphatic carbocycles. The molecule has 4 heteroatoms. The lowest BCUT2D eigenvalue weighted by atomic mass is 9.92. The lowest BCUT2D eigenvalue weighted by molar-refractivity contribution is -0.123. The molecule has 0 aliphatic heterocycles. The van der Waals surface area contributed by atoms with E-state index in [4.69, 9.17) is 5.73 Å². The second-order valence-electron chi connectivity index (χ2n) is 3.34. The van der Waals surface area contributed by atoms with Crippen LogP contribution >= 0.6 is 11.3 Å². The van der Waals surface area contributed by atoms with Crippen LogP contribution in [-0.2, 0) is 11.2 Å². The molecule has 0 spiro atoms. The molecule has 0 amide bonds. The smallest absolute Gasteiger partial charge is 0.157 e. The first-order chi connectivity index (χ1) is 6.06. The Bertz CT molecular complexity index is 280. The number of thiazole rings is 1. The monoisotopic (exact) mass is 198 g/mol. The molecular weight excluding hydrogens is 184 g/mol. The predicted octanol–water partition coefficient (Wildman–Crippen LogP) is 1.38. The summed E-state index contributed by atoms with van der Waals surface area (Å²) in [5.41, 5.74) is 6.84. The van der Waals surface area contributed by atoms with Gasteiger partial charge in [0.2, 0.25) is 0 Å². The van der Waals surface area contributed by atoms with Crippen molar-refractivity contribution in [3.63, 3.8) is 0 Å². The van der Waals surface area contributed by atoms with Crippen LogP contribution in [0.25, 0.3) is 0 Å². The van der Waals surface area contributed by atoms with Crippen LogP contribution in [0.3, 0.4) is 0 Å². The lowest BCUT2D eigenvalue weighted by Crippen LogP contribution is -2.44. The first-order valence-electron chi connectivity index (χ1n) is 4.26. The van der Waals surface area contributed by atoms with Gasteiger partial charge in [-0.15, -0.1) is 11.3 Å². The molecule has 1 aromatic heterocycles. The molecule has 3 nitrogen and oxygen atoms in total. The number of nitrogens with two attached hydrogens (primary N) is 1. The Morgan fingerprint density at radius 1 is 1.77 bits per heavy atom. The van der Waals surface area contributed by atoms with E-state index in [1.807, 2.05) is 6.92 Å². The maximum atomic E-state index is 11.6. The number of hydrogen-bond acceptors (Lipinski definition) is 4. The van der Waals surface area contributed by atoms with Gasteiger partial charge in [-0.1, -0.05) is 6.92 Å². The molecule has 2 N–H and O–H groups in total. The molecule has 0 bridgehead atoms. The third kappa shape index (κ3) is 2.60. The van der Waals surface area contributed by atoms with Gasteiger partial charge in [0.1, 0.15) is 0 Å². The highest BCUT2D eigenvalue weighted by Gasteiger charge is 2.25. The van der Waals surface area contributed by atoms with Crippen LogP contribution in [0, 0.1) is 0 Å². The highest BCUT2D eigenvalue weighted by molar-refractivity contribution is 7.09. The molecule has 1 aromatic rings. The molecule has 1 unspecified atom stereocenters. The molecule has 0 radical (unpaired) electrons. The Kier molecular flexibility index (Phi) is 3.17. The summed E-state index contributed by atoms with van der Waals surface area (Å²) in [7, 11) is 0. The third-order valence-corrected chi connectivity index (χ3v) is 2.97. The molecule has 0 saturated carbocycles. The van der Waals surface area contributed by atoms with Crippen LogP contribution < -0.4 is 5.73 Å². The van der Waals surface area contributed by atoms with Crippen molar-refractivity contribution < 1.29 is 4.79 Å². The maximum Gasteiger partial charge on any atom is 0.157 e. The van der Waals surface area contributed by atoms with Crippen molar-refractivity contribution in [2.75, 3.05) is 0 Å². The number of aromatic nitrogens is 1. The van der Waals surface area contributed by atoms with E-state index < -0.39 is 5.54 Å². The van der Waals surface area contributed by atoms with Gasteiger partial charge < -0.3 is 5.73 Å². The van der Waals surface area contributed by atoms with Crippen LogP contribution in [0.15, 0.2) is 11.7 Å². The Morgan fingerprint density at radius 2 is 2.46 bits per heavy atom. The summed E-state index contributed by atoms with van der Waals surface area (Å²) in [4.78, 5) is 16.5. The van der Waals surface area contributed by atoms with Crippen molar-refractivity contribution in [2.24, 2.45) is 5.73 Å². The zero-order chi connectivity index (χ0) is 9.90. The van der Waals surface area contributed by atoms with Crippen LogP contribution in [0.1, 0.15) is 25.1 Å². The van der Waals surface area contributed by atoms with Crippen molar-refractivity contribution in [1.82, 2.24) is 4.98 Å². The highest BCUT2D eigenvalue weighted by Crippen LogP contribution is 2.13. The van der Waals surface area contributed by atoms with Crippen LogP contribution in [0.4, 0.5) is 0 Å². The van der Waals surface area contributed by atoms with E-state index in [-0.39, 0.29) is 5.78 Å². The fourth-order valence-corrected chi connectivity index (χ4v) is 1.48. The van der Waals surface area contributed by atoms with Gasteiger partial charge in [-0.2, -0.15) is 0 Å². The number of carbonyl (C=O) groups excluding carboxylic acids is 1. The third-order valence-electron chi connectivity index (χ3n) is 2.19. The Morgan fingerprint density at radius 3 is 2.92 bits per heavy atom. The topological polar surface area (TPSA) is 56.0 Å². The van der Waals surface area contributed by atoms with Crippen LogP contribution in [-0.4, -0.2) is 16.3 Å². The number of carbonyl (C=O) groups is 1. The fourth-order valence-electron chi connectivity index (χ4n) is 0.887. The minimum atomic E-state index is -0.690. The SMILES string of the molecule is CCC(C)(N)C(=O)Cc1cncs1. The van der Waals surface area contributed by atoms with Gasteiger partial charge in [0, 0.05) is 17.5 Å². The van der Waals surface area contributed by atoms with E-state index in [0.717, 1.165) is 4.88 Å². The van der Waals surface area contributed by atoms with Crippen molar-refractivity contribution in [3.8, 4) is 0 Å². The number of rotatable bonds is 4. The minimum Gasteiger partial charge on any atom is -0.319 e. The minimum absolute atomic E-state index is 0.0826. The molecule has 0 fully saturated rings. The molecule has 0 saturated heterocycles. The quantitative estimate of drug-likeness (QED) is 0.795. The standard InChI is InChI=1S/C9H14N2OS/c1-3-9(2,10)8(12)4-7-5-11-6-13-7/h5-6H,3-4,10H2,1-2H3. The van der Waals surface area contributed by atoms with Gasteiger partial charge >= 0.3 is 0 Å². The van der Waals surface area contributed by atoms with Crippen molar-refractivity contribution in [1.29, 1.82) is 0 Å². The molecule has 72 valence electrons. The zero-order valence-electron chi connectivity index (χ0n) is 7.91. The molecular formula is C9H14N2OS. The van der Waals surface area contributed by atoms with Crippen molar-refractivity contribution in [2.45, 2.75) is 32.2 Å². The first kappa shape index (κ1) is 10.3. The zero-order valence-corrected chi connectivity index (χ0v) is 8.73. The van der Waals surface area contributed by atoms with E-state index >= 15 is 0 Å². The Labute approximate surface area is 82.0 Å². The number of ketones is 1. The van der Waals surface area contributed by atoms with Gasteiger partial charge in [0.25, 0.3) is 0 Å².